The zero-order chi connectivity index (χ0) is 26.2. The second-order valence-corrected chi connectivity index (χ2v) is 12.4. The molecule has 4 atom stereocenters. The Morgan fingerprint density at radius 3 is 2.57 bits per heavy atom. The Kier molecular flexibility index (Phi) is 10.2. The lowest BCUT2D eigenvalue weighted by molar-refractivity contribution is -0.142. The standard InChI is InChI=1S/C30H44N4O2S/c1-22-11-12-28(37-22)21-33(15-13-24-7-4-3-5-8-24)27-14-16-34(23(2)35)29(18-27)30(36)32-20-26-10-6-9-25(17-26)19-31/h3-5,7-8,11-12,25-27,29H,6,9-10,13-21,31H2,1-2H3,(H,32,36)/t25?,26?,27?,29-/m1/s1. The van der Waals surface area contributed by atoms with Crippen LogP contribution < -0.4 is 11.1 Å². The third-order valence-electron chi connectivity index (χ3n) is 8.27. The number of rotatable bonds is 10. The van der Waals surface area contributed by atoms with Gasteiger partial charge in [0, 0.05) is 48.9 Å². The van der Waals surface area contributed by atoms with Gasteiger partial charge in [0.25, 0.3) is 0 Å². The van der Waals surface area contributed by atoms with Crippen LogP contribution in [0.5, 0.6) is 0 Å². The van der Waals surface area contributed by atoms with E-state index in [2.05, 4.69) is 59.6 Å². The number of carbonyl (C=O) groups excluding carboxylic acids is 2. The van der Waals surface area contributed by atoms with Crippen molar-refractivity contribution in [3.63, 3.8) is 0 Å². The van der Waals surface area contributed by atoms with E-state index in [4.69, 9.17) is 5.73 Å². The molecule has 37 heavy (non-hydrogen) atoms. The smallest absolute Gasteiger partial charge is 0.242 e. The predicted molar refractivity (Wildman–Crippen MR) is 151 cm³/mol. The first-order valence-electron chi connectivity index (χ1n) is 14.0. The number of likely N-dealkylation sites (tertiary alicyclic amines) is 1. The summed E-state index contributed by atoms with van der Waals surface area (Å²) in [5.74, 6) is 1.05. The lowest BCUT2D eigenvalue weighted by Gasteiger charge is -2.42. The first kappa shape index (κ1) is 27.8. The number of piperidine rings is 1. The molecular weight excluding hydrogens is 480 g/mol. The van der Waals surface area contributed by atoms with Gasteiger partial charge in [0.05, 0.1) is 0 Å². The van der Waals surface area contributed by atoms with Gasteiger partial charge in [-0.3, -0.25) is 14.5 Å². The molecule has 1 aliphatic heterocycles. The van der Waals surface area contributed by atoms with Crippen molar-refractivity contribution in [2.75, 3.05) is 26.2 Å². The lowest BCUT2D eigenvalue weighted by Crippen LogP contribution is -2.57. The fourth-order valence-electron chi connectivity index (χ4n) is 6.15. The fourth-order valence-corrected chi connectivity index (χ4v) is 7.06. The van der Waals surface area contributed by atoms with Crippen LogP contribution in [-0.2, 0) is 22.6 Å². The minimum Gasteiger partial charge on any atom is -0.354 e. The van der Waals surface area contributed by atoms with Gasteiger partial charge in [0.15, 0.2) is 0 Å². The summed E-state index contributed by atoms with van der Waals surface area (Å²) in [7, 11) is 0. The van der Waals surface area contributed by atoms with Crippen molar-refractivity contribution in [3.8, 4) is 0 Å². The van der Waals surface area contributed by atoms with Crippen molar-refractivity contribution in [2.24, 2.45) is 17.6 Å². The molecule has 6 nitrogen and oxygen atoms in total. The highest BCUT2D eigenvalue weighted by molar-refractivity contribution is 7.11. The molecule has 2 heterocycles. The van der Waals surface area contributed by atoms with Gasteiger partial charge in [0.2, 0.25) is 11.8 Å². The highest BCUT2D eigenvalue weighted by atomic mass is 32.1. The van der Waals surface area contributed by atoms with Gasteiger partial charge in [-0.1, -0.05) is 36.8 Å². The van der Waals surface area contributed by atoms with E-state index in [9.17, 15) is 9.59 Å². The SMILES string of the molecule is CC(=O)N1CCC(N(CCc2ccccc2)Cc2ccc(C)s2)C[C@@H]1C(=O)NCC1CCCC(CN)C1. The summed E-state index contributed by atoms with van der Waals surface area (Å²) in [6.07, 6.45) is 7.17. The van der Waals surface area contributed by atoms with Crippen LogP contribution in [0.25, 0.3) is 0 Å². The van der Waals surface area contributed by atoms with E-state index >= 15 is 0 Å². The monoisotopic (exact) mass is 524 g/mol. The molecule has 3 N–H and O–H groups in total. The Hall–Kier alpha value is -2.22. The maximum absolute atomic E-state index is 13.5. The van der Waals surface area contributed by atoms with Crippen molar-refractivity contribution in [1.82, 2.24) is 15.1 Å². The molecule has 1 aliphatic carbocycles. The fraction of sp³-hybridized carbons (Fsp3) is 0.600. The first-order valence-corrected chi connectivity index (χ1v) is 14.8. The molecule has 3 unspecified atom stereocenters. The van der Waals surface area contributed by atoms with Gasteiger partial charge in [-0.25, -0.2) is 0 Å². The van der Waals surface area contributed by atoms with Crippen molar-refractivity contribution in [1.29, 1.82) is 0 Å². The number of hydrogen-bond donors (Lipinski definition) is 2. The number of thiophene rings is 1. The zero-order valence-corrected chi connectivity index (χ0v) is 23.3. The molecule has 1 saturated carbocycles. The molecule has 2 aromatic rings. The molecule has 202 valence electrons. The number of benzene rings is 1. The van der Waals surface area contributed by atoms with E-state index in [1.165, 1.54) is 28.2 Å². The van der Waals surface area contributed by atoms with Gasteiger partial charge in [-0.05, 0) is 81.5 Å². The van der Waals surface area contributed by atoms with Crippen LogP contribution in [-0.4, -0.2) is 59.9 Å². The van der Waals surface area contributed by atoms with Gasteiger partial charge < -0.3 is 16.0 Å². The molecule has 1 aromatic carbocycles. The number of nitrogens with one attached hydrogen (secondary N) is 1. The van der Waals surface area contributed by atoms with Crippen LogP contribution in [0.4, 0.5) is 0 Å². The Morgan fingerprint density at radius 2 is 1.86 bits per heavy atom. The predicted octanol–water partition coefficient (Wildman–Crippen LogP) is 4.36. The van der Waals surface area contributed by atoms with Crippen LogP contribution >= 0.6 is 11.3 Å². The molecule has 1 saturated heterocycles. The topological polar surface area (TPSA) is 78.7 Å². The molecule has 2 amide bonds. The van der Waals surface area contributed by atoms with E-state index in [1.54, 1.807) is 11.8 Å². The summed E-state index contributed by atoms with van der Waals surface area (Å²) in [5.41, 5.74) is 7.24. The zero-order valence-electron chi connectivity index (χ0n) is 22.5. The van der Waals surface area contributed by atoms with Gasteiger partial charge in [-0.15, -0.1) is 11.3 Å². The van der Waals surface area contributed by atoms with E-state index < -0.39 is 6.04 Å². The summed E-state index contributed by atoms with van der Waals surface area (Å²) in [6, 6.07) is 14.9. The summed E-state index contributed by atoms with van der Waals surface area (Å²) in [6.45, 7) is 7.60. The molecule has 2 fully saturated rings. The number of nitrogens with zero attached hydrogens (tertiary/aromatic N) is 2. The highest BCUT2D eigenvalue weighted by Gasteiger charge is 2.37. The number of aryl methyl sites for hydroxylation is 1. The van der Waals surface area contributed by atoms with Gasteiger partial charge in [-0.2, -0.15) is 0 Å². The van der Waals surface area contributed by atoms with Crippen molar-refractivity contribution >= 4 is 23.2 Å². The molecule has 0 bridgehead atoms. The second kappa shape index (κ2) is 13.5. The molecule has 4 rings (SSSR count). The second-order valence-electron chi connectivity index (χ2n) is 11.0. The number of carbonyl (C=O) groups is 2. The summed E-state index contributed by atoms with van der Waals surface area (Å²) in [5, 5.41) is 3.23. The van der Waals surface area contributed by atoms with Crippen molar-refractivity contribution in [2.45, 2.75) is 77.4 Å². The molecule has 7 heteroatoms. The number of hydrogen-bond acceptors (Lipinski definition) is 5. The summed E-state index contributed by atoms with van der Waals surface area (Å²) in [4.78, 5) is 33.0. The third-order valence-corrected chi connectivity index (χ3v) is 9.26. The maximum atomic E-state index is 13.5. The third kappa shape index (κ3) is 7.88. The molecule has 2 aliphatic rings. The van der Waals surface area contributed by atoms with Gasteiger partial charge >= 0.3 is 0 Å². The lowest BCUT2D eigenvalue weighted by atomic mass is 9.81. The highest BCUT2D eigenvalue weighted by Crippen LogP contribution is 2.29. The summed E-state index contributed by atoms with van der Waals surface area (Å²) < 4.78 is 0. The van der Waals surface area contributed by atoms with Crippen molar-refractivity contribution in [3.05, 3.63) is 57.8 Å². The minimum absolute atomic E-state index is 0.00440. The molecular formula is C30H44N4O2S. The quantitative estimate of drug-likeness (QED) is 0.484. The molecule has 0 spiro atoms. The molecule has 0 radical (unpaired) electrons. The Balaban J connectivity index is 1.43. The number of amides is 2. The van der Waals surface area contributed by atoms with Crippen LogP contribution in [0.2, 0.25) is 0 Å². The van der Waals surface area contributed by atoms with E-state index in [1.807, 2.05) is 11.3 Å². The van der Waals surface area contributed by atoms with Crippen molar-refractivity contribution < 1.29 is 9.59 Å². The van der Waals surface area contributed by atoms with E-state index in [0.717, 1.165) is 45.3 Å². The Bertz CT molecular complexity index is 1010. The van der Waals surface area contributed by atoms with Crippen LogP contribution in [0, 0.1) is 18.8 Å². The minimum atomic E-state index is -0.408. The maximum Gasteiger partial charge on any atom is 0.242 e. The normalized spacial score (nSPS) is 24.3. The largest absolute Gasteiger partial charge is 0.354 e. The number of nitrogens with two attached hydrogens (primary N) is 1. The van der Waals surface area contributed by atoms with E-state index in [0.29, 0.717) is 31.3 Å². The van der Waals surface area contributed by atoms with Crippen LogP contribution in [0.1, 0.15) is 60.8 Å². The van der Waals surface area contributed by atoms with Crippen LogP contribution in [0.3, 0.4) is 0 Å². The van der Waals surface area contributed by atoms with Crippen LogP contribution in [0.15, 0.2) is 42.5 Å². The Morgan fingerprint density at radius 1 is 1.08 bits per heavy atom. The average Bonchev–Trinajstić information content (AvgIpc) is 3.34. The van der Waals surface area contributed by atoms with E-state index in [-0.39, 0.29) is 17.9 Å². The summed E-state index contributed by atoms with van der Waals surface area (Å²) >= 11 is 1.85. The first-order chi connectivity index (χ1) is 17.9. The van der Waals surface area contributed by atoms with Gasteiger partial charge in [0.1, 0.15) is 6.04 Å². The average molecular weight is 525 g/mol. The Labute approximate surface area is 226 Å². The molecule has 1 aromatic heterocycles.